The van der Waals surface area contributed by atoms with E-state index in [0.29, 0.717) is 12.1 Å². The maximum Gasteiger partial charge on any atom is 0.226 e. The molecule has 3 aliphatic rings. The van der Waals surface area contributed by atoms with Gasteiger partial charge < -0.3 is 4.90 Å². The Balaban J connectivity index is 2.97. The van der Waals surface area contributed by atoms with E-state index in [2.05, 4.69) is 0 Å². The fraction of sp³-hybridized carbons (Fsp3) is 0.562. The zero-order valence-corrected chi connectivity index (χ0v) is 12.7. The van der Waals surface area contributed by atoms with Gasteiger partial charge >= 0.3 is 0 Å². The van der Waals surface area contributed by atoms with E-state index in [1.54, 1.807) is 26.8 Å². The zero-order valence-electron chi connectivity index (χ0n) is 12.7. The highest BCUT2D eigenvalue weighted by Gasteiger charge is 2.70. The molecule has 3 atom stereocenters. The van der Waals surface area contributed by atoms with Crippen molar-refractivity contribution in [3.05, 3.63) is 11.6 Å². The third-order valence-electron chi connectivity index (χ3n) is 5.00. The fourth-order valence-electron chi connectivity index (χ4n) is 3.96. The second-order valence-electron chi connectivity index (χ2n) is 5.81. The number of likely N-dealkylation sites (N-methyl/N-ethyl adjacent to an activating group) is 1. The van der Waals surface area contributed by atoms with Crippen molar-refractivity contribution >= 4 is 5.91 Å². The van der Waals surface area contributed by atoms with Gasteiger partial charge in [-0.25, -0.2) is 0 Å². The number of rotatable bonds is 1. The Morgan fingerprint density at radius 2 is 1.64 bits per heavy atom. The molecular formula is C16H15N5O. The monoisotopic (exact) mass is 293 g/mol. The number of carbonyl (C=O) groups is 1. The highest BCUT2D eigenvalue weighted by atomic mass is 16.2. The first-order chi connectivity index (χ1) is 10.4. The Morgan fingerprint density at radius 1 is 1.14 bits per heavy atom. The minimum atomic E-state index is -1.89. The number of allylic oxidation sites excluding steroid dienone is 1. The van der Waals surface area contributed by atoms with Gasteiger partial charge in [0.05, 0.1) is 30.3 Å². The zero-order chi connectivity index (χ0) is 16.7. The molecule has 0 spiro atoms. The molecule has 3 rings (SSSR count). The van der Waals surface area contributed by atoms with Crippen LogP contribution in [-0.2, 0) is 4.79 Å². The molecule has 1 amide bonds. The van der Waals surface area contributed by atoms with Gasteiger partial charge in [0.1, 0.15) is 0 Å². The van der Waals surface area contributed by atoms with E-state index in [1.807, 2.05) is 24.3 Å². The average Bonchev–Trinajstić information content (AvgIpc) is 2.66. The summed E-state index contributed by atoms with van der Waals surface area (Å²) in [6.07, 6.45) is 1.70. The molecule has 1 fully saturated rings. The molecule has 0 aromatic carbocycles. The second kappa shape index (κ2) is 4.87. The summed E-state index contributed by atoms with van der Waals surface area (Å²) in [7, 11) is 0. The van der Waals surface area contributed by atoms with Crippen LogP contribution in [-0.4, -0.2) is 23.4 Å². The summed E-state index contributed by atoms with van der Waals surface area (Å²) in [6.45, 7) is 5.47. The third kappa shape index (κ3) is 1.42. The summed E-state index contributed by atoms with van der Waals surface area (Å²) in [5.41, 5.74) is -3.04. The van der Waals surface area contributed by atoms with Crippen molar-refractivity contribution in [2.75, 3.05) is 6.54 Å². The van der Waals surface area contributed by atoms with Crippen molar-refractivity contribution in [2.45, 2.75) is 26.8 Å². The van der Waals surface area contributed by atoms with Gasteiger partial charge in [-0.3, -0.25) is 4.79 Å². The van der Waals surface area contributed by atoms with Gasteiger partial charge in [-0.15, -0.1) is 0 Å². The standard InChI is InChI=1S/C16H15N5O/c1-4-21-12-5-10(2)13(11(3)14(21)22)16(8-19,9-20)15(12,6-17)7-18/h5,11-13H,4H2,1-3H3/t11-,12+,13+/m0/s1. The maximum atomic E-state index is 12.7. The van der Waals surface area contributed by atoms with E-state index in [9.17, 15) is 25.8 Å². The van der Waals surface area contributed by atoms with Crippen LogP contribution in [0.5, 0.6) is 0 Å². The van der Waals surface area contributed by atoms with Gasteiger partial charge in [-0.2, -0.15) is 21.0 Å². The first-order valence-electron chi connectivity index (χ1n) is 7.04. The molecule has 1 saturated heterocycles. The highest BCUT2D eigenvalue weighted by molar-refractivity contribution is 5.82. The Hall–Kier alpha value is -2.83. The number of fused-ring (bicyclic) bond motifs is 3. The molecule has 2 bridgehead atoms. The molecule has 0 aromatic rings. The van der Waals surface area contributed by atoms with Gasteiger partial charge in [-0.05, 0) is 13.8 Å². The van der Waals surface area contributed by atoms with E-state index in [1.165, 1.54) is 4.90 Å². The SMILES string of the molecule is CCN1C(=O)[C@@H](C)[C@H]2C(C)=C[C@@H]1C(C#N)(C#N)C2(C#N)C#N. The van der Waals surface area contributed by atoms with Gasteiger partial charge in [0.2, 0.25) is 5.91 Å². The normalized spacial score (nSPS) is 31.0. The largest absolute Gasteiger partial charge is 0.333 e. The molecule has 6 nitrogen and oxygen atoms in total. The summed E-state index contributed by atoms with van der Waals surface area (Å²) in [5.74, 6) is -1.63. The Kier molecular flexibility index (Phi) is 3.44. The summed E-state index contributed by atoms with van der Waals surface area (Å²) >= 11 is 0. The van der Waals surface area contributed by atoms with Crippen molar-refractivity contribution in [3.63, 3.8) is 0 Å². The van der Waals surface area contributed by atoms with Crippen LogP contribution < -0.4 is 0 Å². The smallest absolute Gasteiger partial charge is 0.226 e. The number of hydrogen-bond donors (Lipinski definition) is 0. The molecule has 0 unspecified atom stereocenters. The van der Waals surface area contributed by atoms with Crippen LogP contribution >= 0.6 is 0 Å². The minimum Gasteiger partial charge on any atom is -0.333 e. The van der Waals surface area contributed by atoms with Crippen LogP contribution in [0.4, 0.5) is 0 Å². The van der Waals surface area contributed by atoms with Gasteiger partial charge in [0, 0.05) is 18.4 Å². The van der Waals surface area contributed by atoms with E-state index in [0.717, 1.165) is 0 Å². The molecule has 0 aromatic heterocycles. The van der Waals surface area contributed by atoms with Crippen molar-refractivity contribution < 1.29 is 4.79 Å². The van der Waals surface area contributed by atoms with E-state index in [4.69, 9.17) is 0 Å². The number of hydrogen-bond acceptors (Lipinski definition) is 5. The van der Waals surface area contributed by atoms with Gasteiger partial charge in [0.15, 0.2) is 10.8 Å². The van der Waals surface area contributed by atoms with Crippen molar-refractivity contribution in [1.82, 2.24) is 4.90 Å². The molecule has 6 heteroatoms. The molecule has 0 radical (unpaired) electrons. The van der Waals surface area contributed by atoms with Gasteiger partial charge in [0.25, 0.3) is 0 Å². The lowest BCUT2D eigenvalue weighted by atomic mass is 9.51. The van der Waals surface area contributed by atoms with Crippen molar-refractivity contribution in [3.8, 4) is 24.3 Å². The predicted molar refractivity (Wildman–Crippen MR) is 74.9 cm³/mol. The van der Waals surface area contributed by atoms with Crippen LogP contribution in [0.25, 0.3) is 0 Å². The number of amides is 1. The van der Waals surface area contributed by atoms with E-state index < -0.39 is 28.7 Å². The first-order valence-corrected chi connectivity index (χ1v) is 7.04. The number of nitrogens with zero attached hydrogens (tertiary/aromatic N) is 5. The molecular weight excluding hydrogens is 278 g/mol. The van der Waals surface area contributed by atoms with Crippen LogP contribution in [0, 0.1) is 68.0 Å². The van der Waals surface area contributed by atoms with Crippen LogP contribution in [0.2, 0.25) is 0 Å². The summed E-state index contributed by atoms with van der Waals surface area (Å²) < 4.78 is 0. The molecule has 0 N–H and O–H groups in total. The average molecular weight is 293 g/mol. The van der Waals surface area contributed by atoms with Crippen molar-refractivity contribution in [2.24, 2.45) is 22.7 Å². The summed E-state index contributed by atoms with van der Waals surface area (Å²) in [4.78, 5) is 14.1. The van der Waals surface area contributed by atoms with Crippen LogP contribution in [0.3, 0.4) is 0 Å². The van der Waals surface area contributed by atoms with Gasteiger partial charge in [-0.1, -0.05) is 18.6 Å². The Morgan fingerprint density at radius 3 is 2.05 bits per heavy atom. The molecule has 2 heterocycles. The first kappa shape index (κ1) is 15.6. The lowest BCUT2D eigenvalue weighted by Gasteiger charge is -2.44. The second-order valence-corrected chi connectivity index (χ2v) is 5.81. The molecule has 1 aliphatic carbocycles. The van der Waals surface area contributed by atoms with E-state index >= 15 is 0 Å². The highest BCUT2D eigenvalue weighted by Crippen LogP contribution is 2.58. The van der Waals surface area contributed by atoms with Crippen molar-refractivity contribution in [1.29, 1.82) is 21.0 Å². The molecule has 2 aliphatic heterocycles. The molecule has 110 valence electrons. The quantitative estimate of drug-likeness (QED) is 0.679. The summed E-state index contributed by atoms with van der Waals surface area (Å²) in [6, 6.07) is 6.80. The third-order valence-corrected chi connectivity index (χ3v) is 5.00. The Bertz CT molecular complexity index is 696. The Labute approximate surface area is 129 Å². The summed E-state index contributed by atoms with van der Waals surface area (Å²) in [5, 5.41) is 38.9. The molecule has 0 saturated carbocycles. The lowest BCUT2D eigenvalue weighted by Crippen LogP contribution is -2.56. The van der Waals surface area contributed by atoms with E-state index in [-0.39, 0.29) is 5.91 Å². The topological polar surface area (TPSA) is 115 Å². The van der Waals surface area contributed by atoms with Crippen LogP contribution in [0.1, 0.15) is 20.8 Å². The molecule has 22 heavy (non-hydrogen) atoms. The van der Waals surface area contributed by atoms with Crippen LogP contribution in [0.15, 0.2) is 11.6 Å². The maximum absolute atomic E-state index is 12.7. The minimum absolute atomic E-state index is 0.229. The fourth-order valence-corrected chi connectivity index (χ4v) is 3.96. The number of nitriles is 4. The number of carbonyl (C=O) groups excluding carboxylic acids is 1. The predicted octanol–water partition coefficient (Wildman–Crippen LogP) is 1.50. The lowest BCUT2D eigenvalue weighted by molar-refractivity contribution is -0.136.